The number of aliphatic hydroxyl groups is 2. The molecule has 5 unspecified atom stereocenters. The lowest BCUT2D eigenvalue weighted by Gasteiger charge is -2.47. The molecular weight excluding hydrogens is 740 g/mol. The van der Waals surface area contributed by atoms with E-state index in [1.54, 1.807) is 32.9 Å². The predicted octanol–water partition coefficient (Wildman–Crippen LogP) is 5.84. The molecule has 0 spiro atoms. The largest absolute Gasteiger partial charge is 0.459 e. The minimum Gasteiger partial charge on any atom is -0.459 e. The van der Waals surface area contributed by atoms with E-state index in [1.165, 1.54) is 13.8 Å². The normalized spacial score (nSPS) is 39.7. The van der Waals surface area contributed by atoms with Gasteiger partial charge >= 0.3 is 5.97 Å². The van der Waals surface area contributed by atoms with E-state index in [-0.39, 0.29) is 38.2 Å². The van der Waals surface area contributed by atoms with Gasteiger partial charge in [-0.2, -0.15) is 0 Å². The summed E-state index contributed by atoms with van der Waals surface area (Å²) in [4.78, 5) is 47.5. The molecule has 3 aliphatic heterocycles. The average molecular weight is 803 g/mol. The van der Waals surface area contributed by atoms with Gasteiger partial charge in [0.25, 0.3) is 0 Å². The summed E-state index contributed by atoms with van der Waals surface area (Å²) in [6, 6.07) is 7.09. The minimum absolute atomic E-state index is 0.0127. The number of carbonyl (C=O) groups excluding carboxylic acids is 3. The Balaban J connectivity index is 1.97. The number of halogens is 1. The van der Waals surface area contributed by atoms with E-state index in [9.17, 15) is 24.6 Å². The van der Waals surface area contributed by atoms with Crippen LogP contribution in [0.3, 0.4) is 0 Å². The third kappa shape index (κ3) is 10.8. The summed E-state index contributed by atoms with van der Waals surface area (Å²) >= 11 is 6.11. The molecule has 4 rings (SSSR count). The number of rotatable bonds is 6. The van der Waals surface area contributed by atoms with Gasteiger partial charge in [-0.05, 0) is 90.2 Å². The predicted molar refractivity (Wildman–Crippen MR) is 215 cm³/mol. The number of aliphatic hydroxyl groups excluding tert-OH is 1. The van der Waals surface area contributed by atoms with Gasteiger partial charge in [0.2, 0.25) is 5.91 Å². The van der Waals surface area contributed by atoms with Crippen molar-refractivity contribution < 1.29 is 48.3 Å². The van der Waals surface area contributed by atoms with Crippen LogP contribution in [-0.2, 0) is 38.1 Å². The highest BCUT2D eigenvalue weighted by Crippen LogP contribution is 2.40. The zero-order valence-corrected chi connectivity index (χ0v) is 35.6. The lowest BCUT2D eigenvalue weighted by Crippen LogP contribution is -2.60. The van der Waals surface area contributed by atoms with Gasteiger partial charge in [-0.15, -0.1) is 0 Å². The number of cyclic esters (lactones) is 1. The molecule has 2 bridgehead atoms. The number of esters is 1. The topological polar surface area (TPSA) is 153 Å². The molecule has 2 N–H and O–H groups in total. The van der Waals surface area contributed by atoms with Crippen LogP contribution in [0, 0.1) is 23.7 Å². The molecule has 0 aromatic heterocycles. The van der Waals surface area contributed by atoms with Crippen molar-refractivity contribution in [3.63, 3.8) is 0 Å². The summed E-state index contributed by atoms with van der Waals surface area (Å²) in [5.41, 5.74) is -1.05. The van der Waals surface area contributed by atoms with Gasteiger partial charge in [-0.25, -0.2) is 4.99 Å². The van der Waals surface area contributed by atoms with Gasteiger partial charge in [0.1, 0.15) is 23.7 Å². The van der Waals surface area contributed by atoms with Crippen LogP contribution >= 0.6 is 11.6 Å². The number of benzene rings is 1. The van der Waals surface area contributed by atoms with Crippen LogP contribution in [0.25, 0.3) is 6.08 Å². The second kappa shape index (κ2) is 19.3. The number of hydrogen-bond donors (Lipinski definition) is 2. The average Bonchev–Trinajstić information content (AvgIpc) is 3.14. The van der Waals surface area contributed by atoms with Crippen molar-refractivity contribution in [2.75, 3.05) is 27.3 Å². The summed E-state index contributed by atoms with van der Waals surface area (Å²) in [6.07, 6.45) is 0.926. The smallest absolute Gasteiger partial charge is 0.316 e. The SMILES string of the molecule is CC[C@@H]1OC(=O)[C@H](C)C(=O)[C@H](C)C(O[C@@H]2O[C@H](C)C[C@H](N(C)C)C2O)[C@@]2(C)CC(C)C(=NC(C)=O)C(C)C(OC/C(=C/C=C/c3ccc(Cl)cc3)CO2)[C@]1(C)O. The van der Waals surface area contributed by atoms with Crippen molar-refractivity contribution in [2.45, 2.75) is 136 Å². The third-order valence-electron chi connectivity index (χ3n) is 11.6. The number of carbonyl (C=O) groups is 3. The van der Waals surface area contributed by atoms with Gasteiger partial charge in [-0.3, -0.25) is 14.4 Å². The van der Waals surface area contributed by atoms with Gasteiger partial charge in [0, 0.05) is 35.5 Å². The van der Waals surface area contributed by atoms with E-state index < -0.39 is 83.2 Å². The Morgan fingerprint density at radius 1 is 1.07 bits per heavy atom. The van der Waals surface area contributed by atoms with Gasteiger partial charge in [-0.1, -0.05) is 69.7 Å². The number of aliphatic imine (C=N–C) groups is 1. The molecular formula is C43H63ClN2O10. The first kappa shape index (κ1) is 45.9. The first-order chi connectivity index (χ1) is 26.2. The molecule has 1 aromatic rings. The first-order valence-corrected chi connectivity index (χ1v) is 20.2. The minimum atomic E-state index is -1.79. The van der Waals surface area contributed by atoms with Crippen molar-refractivity contribution in [3.05, 3.63) is 52.6 Å². The number of likely N-dealkylation sites (N-methyl/N-ethyl adjacent to an activating group) is 1. The van der Waals surface area contributed by atoms with Crippen LogP contribution in [0.5, 0.6) is 0 Å². The van der Waals surface area contributed by atoms with Crippen molar-refractivity contribution in [3.8, 4) is 0 Å². The first-order valence-electron chi connectivity index (χ1n) is 19.8. The van der Waals surface area contributed by atoms with Crippen molar-refractivity contribution in [2.24, 2.45) is 28.7 Å². The Bertz CT molecular complexity index is 1630. The van der Waals surface area contributed by atoms with E-state index in [4.69, 9.17) is 35.3 Å². The van der Waals surface area contributed by atoms with Gasteiger partial charge in [0.15, 0.2) is 12.1 Å². The van der Waals surface area contributed by atoms with E-state index in [1.807, 2.05) is 77.1 Å². The standard InChI is InChI=1S/C43H63ClN2O10/c1-12-34-43(9,51)39-26(4)35(45-29(7)47)24(2)21-42(8,53-23-31(22-52-39)15-13-14-30-16-18-32(44)19-17-30)38(27(5)36(48)28(6)40(50)55-34)56-41-37(49)33(46(10)11)20-25(3)54-41/h13-19,24-28,33-34,37-39,41,49,51H,12,20-23H2,1-11H3/b14-13+,31-15-,45-35?/t24?,25-,26?,27+,28-,33+,34+,37?,38?,39?,41+,42-,43-/m1/s1. The number of amides is 1. The Morgan fingerprint density at radius 2 is 1.73 bits per heavy atom. The fourth-order valence-corrected chi connectivity index (χ4v) is 8.67. The van der Waals surface area contributed by atoms with Crippen molar-refractivity contribution in [1.82, 2.24) is 4.90 Å². The van der Waals surface area contributed by atoms with Crippen LogP contribution in [0.4, 0.5) is 0 Å². The maximum Gasteiger partial charge on any atom is 0.316 e. The molecule has 56 heavy (non-hydrogen) atoms. The van der Waals surface area contributed by atoms with Gasteiger partial charge in [0.05, 0.1) is 37.1 Å². The molecule has 1 aromatic carbocycles. The monoisotopic (exact) mass is 802 g/mol. The Hall–Kier alpha value is -2.81. The molecule has 0 saturated carbocycles. The summed E-state index contributed by atoms with van der Waals surface area (Å²) in [6.45, 7) is 15.4. The zero-order chi connectivity index (χ0) is 41.7. The molecule has 12 nitrogen and oxygen atoms in total. The number of allylic oxidation sites excluding steroid dienone is 2. The fourth-order valence-electron chi connectivity index (χ4n) is 8.54. The summed E-state index contributed by atoms with van der Waals surface area (Å²) in [5.74, 6) is -5.06. The highest BCUT2D eigenvalue weighted by molar-refractivity contribution is 6.30. The fraction of sp³-hybridized carbons (Fsp3) is 0.674. The molecule has 312 valence electrons. The zero-order valence-electron chi connectivity index (χ0n) is 34.9. The molecule has 13 atom stereocenters. The van der Waals surface area contributed by atoms with Crippen LogP contribution in [-0.4, -0.2) is 120 Å². The van der Waals surface area contributed by atoms with E-state index in [2.05, 4.69) is 4.99 Å². The highest BCUT2D eigenvalue weighted by atomic mass is 35.5. The summed E-state index contributed by atoms with van der Waals surface area (Å²) < 4.78 is 32.6. The number of nitrogens with zero attached hydrogens (tertiary/aromatic N) is 2. The van der Waals surface area contributed by atoms with E-state index >= 15 is 0 Å². The maximum absolute atomic E-state index is 14.5. The number of ether oxygens (including phenoxy) is 5. The third-order valence-corrected chi connectivity index (χ3v) is 11.9. The lowest BCUT2D eigenvalue weighted by molar-refractivity contribution is -0.296. The molecule has 3 saturated heterocycles. The van der Waals surface area contributed by atoms with Crippen LogP contribution in [0.1, 0.15) is 87.1 Å². The Morgan fingerprint density at radius 3 is 2.34 bits per heavy atom. The number of fused-ring (bicyclic) bond motifs is 5. The summed E-state index contributed by atoms with van der Waals surface area (Å²) in [5, 5.41) is 24.6. The molecule has 3 heterocycles. The van der Waals surface area contributed by atoms with Crippen LogP contribution in [0.15, 0.2) is 47.0 Å². The quantitative estimate of drug-likeness (QED) is 0.264. The molecule has 3 fully saturated rings. The second-order valence-corrected chi connectivity index (χ2v) is 17.1. The van der Waals surface area contributed by atoms with Gasteiger partial charge < -0.3 is 38.8 Å². The molecule has 0 radical (unpaired) electrons. The Kier molecular flexibility index (Phi) is 15.8. The lowest BCUT2D eigenvalue weighted by atomic mass is 9.73. The molecule has 3 aliphatic rings. The van der Waals surface area contributed by atoms with Crippen LogP contribution in [0.2, 0.25) is 5.02 Å². The highest BCUT2D eigenvalue weighted by Gasteiger charge is 2.53. The van der Waals surface area contributed by atoms with E-state index in [0.717, 1.165) is 5.56 Å². The number of ketones is 1. The molecule has 0 aliphatic carbocycles. The summed E-state index contributed by atoms with van der Waals surface area (Å²) in [7, 11) is 3.76. The maximum atomic E-state index is 14.5. The number of Topliss-reactive ketones (excluding diaryl/α,β-unsaturated/α-hetero) is 1. The Labute approximate surface area is 337 Å². The second-order valence-electron chi connectivity index (χ2n) is 16.6. The molecule has 13 heteroatoms. The van der Waals surface area contributed by atoms with Crippen molar-refractivity contribution in [1.29, 1.82) is 0 Å². The molecule has 1 amide bonds. The number of hydrogen-bond acceptors (Lipinski definition) is 11. The van der Waals surface area contributed by atoms with Crippen molar-refractivity contribution >= 4 is 41.0 Å². The van der Waals surface area contributed by atoms with E-state index in [0.29, 0.717) is 22.7 Å². The van der Waals surface area contributed by atoms with Crippen LogP contribution < -0.4 is 0 Å².